The van der Waals surface area contributed by atoms with Crippen LogP contribution in [0.4, 0.5) is 0 Å². The topological polar surface area (TPSA) is 74.1 Å². The number of nitrogens with zero attached hydrogens (tertiary/aromatic N) is 3. The first-order chi connectivity index (χ1) is 10.9. The lowest BCUT2D eigenvalue weighted by Gasteiger charge is -2.22. The Kier molecular flexibility index (Phi) is 6.20. The van der Waals surface area contributed by atoms with Gasteiger partial charge in [-0.05, 0) is 32.0 Å². The van der Waals surface area contributed by atoms with Crippen LogP contribution < -0.4 is 0 Å². The van der Waals surface area contributed by atoms with Gasteiger partial charge in [-0.3, -0.25) is 4.79 Å². The Balaban J connectivity index is 1.79. The summed E-state index contributed by atoms with van der Waals surface area (Å²) in [6, 6.07) is 1.68. The smallest absolute Gasteiger partial charge is 0.257 e. The second-order valence-corrected chi connectivity index (χ2v) is 8.25. The first kappa shape index (κ1) is 18.0. The van der Waals surface area contributed by atoms with Crippen LogP contribution in [0.5, 0.6) is 0 Å². The Hall–Kier alpha value is -1.38. The fourth-order valence-corrected chi connectivity index (χ4v) is 3.48. The maximum Gasteiger partial charge on any atom is 0.257 e. The molecule has 1 aliphatic heterocycles. The number of carbonyl (C=O) groups is 1. The molecule has 7 nitrogen and oxygen atoms in total. The predicted octanol–water partition coefficient (Wildman–Crippen LogP) is 0.709. The van der Waals surface area contributed by atoms with E-state index in [4.69, 9.17) is 4.42 Å². The fourth-order valence-electron chi connectivity index (χ4n) is 2.62. The molecule has 1 amide bonds. The zero-order chi connectivity index (χ0) is 16.9. The third-order valence-electron chi connectivity index (χ3n) is 4.08. The number of hydrogen-bond acceptors (Lipinski definition) is 5. The maximum atomic E-state index is 12.3. The highest BCUT2D eigenvalue weighted by molar-refractivity contribution is 7.89. The summed E-state index contributed by atoms with van der Waals surface area (Å²) in [5, 5.41) is 0. The molecule has 0 atom stereocenters. The quantitative estimate of drug-likeness (QED) is 0.760. The zero-order valence-electron chi connectivity index (χ0n) is 13.8. The van der Waals surface area contributed by atoms with Gasteiger partial charge in [0.15, 0.2) is 0 Å². The van der Waals surface area contributed by atoms with E-state index in [2.05, 4.69) is 4.90 Å². The minimum Gasteiger partial charge on any atom is -0.472 e. The molecule has 1 aromatic heterocycles. The summed E-state index contributed by atoms with van der Waals surface area (Å²) in [7, 11) is -0.0179. The molecule has 0 aromatic carbocycles. The van der Waals surface area contributed by atoms with Crippen LogP contribution >= 0.6 is 0 Å². The molecule has 0 spiro atoms. The second kappa shape index (κ2) is 7.94. The lowest BCUT2D eigenvalue weighted by molar-refractivity contribution is 0.0761. The van der Waals surface area contributed by atoms with Gasteiger partial charge in [0.2, 0.25) is 10.0 Å². The van der Waals surface area contributed by atoms with E-state index in [-0.39, 0.29) is 11.7 Å². The molecule has 1 saturated heterocycles. The fraction of sp³-hybridized carbons (Fsp3) is 0.667. The third-order valence-corrected chi connectivity index (χ3v) is 5.99. The molecule has 0 bridgehead atoms. The van der Waals surface area contributed by atoms with Crippen molar-refractivity contribution in [3.05, 3.63) is 24.2 Å². The number of hydrogen-bond donors (Lipinski definition) is 0. The molecule has 0 unspecified atom stereocenters. The Bertz CT molecular complexity index is 598. The summed E-state index contributed by atoms with van der Waals surface area (Å²) in [6.07, 6.45) is 4.47. The van der Waals surface area contributed by atoms with Crippen molar-refractivity contribution in [2.75, 3.05) is 52.6 Å². The lowest BCUT2D eigenvalue weighted by Crippen LogP contribution is -2.35. The average Bonchev–Trinajstić information content (AvgIpc) is 2.93. The monoisotopic (exact) mass is 343 g/mol. The number of furan rings is 1. The van der Waals surface area contributed by atoms with Crippen molar-refractivity contribution < 1.29 is 17.6 Å². The Labute approximate surface area is 137 Å². The summed E-state index contributed by atoms with van der Waals surface area (Å²) in [5.74, 6) is 0.157. The van der Waals surface area contributed by atoms with Gasteiger partial charge in [0.05, 0.1) is 17.6 Å². The average molecular weight is 343 g/mol. The van der Waals surface area contributed by atoms with Crippen molar-refractivity contribution >= 4 is 15.9 Å². The minimum atomic E-state index is -3.13. The minimum absolute atomic E-state index is 0.00390. The molecule has 1 fully saturated rings. The molecule has 1 aliphatic rings. The zero-order valence-corrected chi connectivity index (χ0v) is 14.6. The van der Waals surface area contributed by atoms with E-state index in [0.29, 0.717) is 18.5 Å². The first-order valence-corrected chi connectivity index (χ1v) is 9.45. The van der Waals surface area contributed by atoms with Crippen molar-refractivity contribution in [2.24, 2.45) is 0 Å². The highest BCUT2D eigenvalue weighted by atomic mass is 32.2. The van der Waals surface area contributed by atoms with Gasteiger partial charge < -0.3 is 14.2 Å². The van der Waals surface area contributed by atoms with E-state index in [9.17, 15) is 13.2 Å². The molecular formula is C15H25N3O4S. The summed E-state index contributed by atoms with van der Waals surface area (Å²) in [5.41, 5.74) is 0.579. The molecule has 2 heterocycles. The van der Waals surface area contributed by atoms with Crippen LogP contribution in [0.3, 0.4) is 0 Å². The molecule has 0 saturated carbocycles. The van der Waals surface area contributed by atoms with Crippen molar-refractivity contribution in [2.45, 2.75) is 12.8 Å². The van der Waals surface area contributed by atoms with Gasteiger partial charge in [0.1, 0.15) is 6.26 Å². The molecule has 23 heavy (non-hydrogen) atoms. The van der Waals surface area contributed by atoms with Gasteiger partial charge in [0.25, 0.3) is 5.91 Å². The van der Waals surface area contributed by atoms with Gasteiger partial charge in [-0.2, -0.15) is 0 Å². The standard InChI is InChI=1S/C15H25N3O4S/c1-16(2)23(20,21)12-4-7-17-6-3-8-18(10-9-17)15(19)14-5-11-22-13-14/h5,11,13H,3-4,6-10,12H2,1-2H3. The van der Waals surface area contributed by atoms with E-state index < -0.39 is 10.0 Å². The molecule has 8 heteroatoms. The molecule has 0 aliphatic carbocycles. The second-order valence-electron chi connectivity index (χ2n) is 5.95. The van der Waals surface area contributed by atoms with Gasteiger partial charge in [0, 0.05) is 33.7 Å². The largest absolute Gasteiger partial charge is 0.472 e. The molecule has 0 radical (unpaired) electrons. The molecule has 1 aromatic rings. The highest BCUT2D eigenvalue weighted by Crippen LogP contribution is 2.10. The summed E-state index contributed by atoms with van der Waals surface area (Å²) >= 11 is 0. The third kappa shape index (κ3) is 5.05. The normalized spacial score (nSPS) is 17.4. The van der Waals surface area contributed by atoms with Gasteiger partial charge in [-0.25, -0.2) is 12.7 Å². The van der Waals surface area contributed by atoms with Gasteiger partial charge in [-0.15, -0.1) is 0 Å². The number of rotatable bonds is 6. The van der Waals surface area contributed by atoms with E-state index in [1.54, 1.807) is 20.2 Å². The summed E-state index contributed by atoms with van der Waals surface area (Å²) in [6.45, 7) is 3.77. The van der Waals surface area contributed by atoms with Crippen LogP contribution in [-0.2, 0) is 10.0 Å². The van der Waals surface area contributed by atoms with E-state index >= 15 is 0 Å². The molecular weight excluding hydrogens is 318 g/mol. The summed E-state index contributed by atoms with van der Waals surface area (Å²) in [4.78, 5) is 16.4. The van der Waals surface area contributed by atoms with Crippen LogP contribution in [0.2, 0.25) is 0 Å². The number of amides is 1. The number of sulfonamides is 1. The summed E-state index contributed by atoms with van der Waals surface area (Å²) < 4.78 is 29.7. The Morgan fingerprint density at radius 3 is 2.70 bits per heavy atom. The van der Waals surface area contributed by atoms with Crippen LogP contribution in [0.15, 0.2) is 23.0 Å². The van der Waals surface area contributed by atoms with E-state index in [1.807, 2.05) is 4.90 Å². The van der Waals surface area contributed by atoms with Crippen molar-refractivity contribution in [3.63, 3.8) is 0 Å². The number of carbonyl (C=O) groups excluding carboxylic acids is 1. The predicted molar refractivity (Wildman–Crippen MR) is 87.8 cm³/mol. The lowest BCUT2D eigenvalue weighted by atomic mass is 10.3. The van der Waals surface area contributed by atoms with Gasteiger partial charge in [-0.1, -0.05) is 0 Å². The highest BCUT2D eigenvalue weighted by Gasteiger charge is 2.21. The SMILES string of the molecule is CN(C)S(=O)(=O)CCCN1CCCN(C(=O)c2ccoc2)CC1. The van der Waals surface area contributed by atoms with Crippen LogP contribution in [0, 0.1) is 0 Å². The Morgan fingerprint density at radius 1 is 1.26 bits per heavy atom. The maximum absolute atomic E-state index is 12.3. The van der Waals surface area contributed by atoms with Crippen molar-refractivity contribution in [3.8, 4) is 0 Å². The van der Waals surface area contributed by atoms with Crippen LogP contribution in [-0.4, -0.2) is 81.0 Å². The first-order valence-electron chi connectivity index (χ1n) is 7.84. The molecule has 0 N–H and O–H groups in total. The van der Waals surface area contributed by atoms with Crippen molar-refractivity contribution in [1.29, 1.82) is 0 Å². The van der Waals surface area contributed by atoms with E-state index in [1.165, 1.54) is 16.8 Å². The van der Waals surface area contributed by atoms with E-state index in [0.717, 1.165) is 32.6 Å². The van der Waals surface area contributed by atoms with Gasteiger partial charge >= 0.3 is 0 Å². The van der Waals surface area contributed by atoms with Crippen LogP contribution in [0.25, 0.3) is 0 Å². The van der Waals surface area contributed by atoms with Crippen LogP contribution in [0.1, 0.15) is 23.2 Å². The molecule has 130 valence electrons. The Morgan fingerprint density at radius 2 is 2.04 bits per heavy atom. The van der Waals surface area contributed by atoms with Crippen molar-refractivity contribution in [1.82, 2.24) is 14.1 Å². The molecule has 2 rings (SSSR count).